The minimum absolute atomic E-state index is 0.0112. The van der Waals surface area contributed by atoms with Gasteiger partial charge < -0.3 is 5.32 Å². The van der Waals surface area contributed by atoms with Crippen molar-refractivity contribution in [2.24, 2.45) is 7.05 Å². The summed E-state index contributed by atoms with van der Waals surface area (Å²) in [5.74, 6) is 0. The number of nitrogens with one attached hydrogen (secondary N) is 1. The molecule has 1 atom stereocenters. The summed E-state index contributed by atoms with van der Waals surface area (Å²) in [6.07, 6.45) is -2.61. The van der Waals surface area contributed by atoms with Crippen molar-refractivity contribution in [1.29, 1.82) is 0 Å². The van der Waals surface area contributed by atoms with E-state index < -0.39 is 11.7 Å². The van der Waals surface area contributed by atoms with E-state index in [2.05, 4.69) is 10.4 Å². The molecule has 3 nitrogen and oxygen atoms in total. The molecule has 0 aliphatic heterocycles. The summed E-state index contributed by atoms with van der Waals surface area (Å²) in [4.78, 5) is 0. The van der Waals surface area contributed by atoms with Crippen LogP contribution < -0.4 is 5.32 Å². The van der Waals surface area contributed by atoms with Crippen LogP contribution in [-0.2, 0) is 19.8 Å². The van der Waals surface area contributed by atoms with Gasteiger partial charge in [0.15, 0.2) is 0 Å². The second-order valence-corrected chi connectivity index (χ2v) is 4.68. The second kappa shape index (κ2) is 5.66. The van der Waals surface area contributed by atoms with Crippen LogP contribution >= 0.6 is 0 Å². The summed E-state index contributed by atoms with van der Waals surface area (Å²) in [6.45, 7) is 2.32. The van der Waals surface area contributed by atoms with Gasteiger partial charge in [-0.1, -0.05) is 18.2 Å². The molecule has 1 aromatic carbocycles. The van der Waals surface area contributed by atoms with Gasteiger partial charge in [0.2, 0.25) is 0 Å². The zero-order valence-electron chi connectivity index (χ0n) is 11.3. The molecular formula is C14H16F3N3. The highest BCUT2D eigenvalue weighted by Gasteiger charge is 2.30. The molecule has 0 aliphatic rings. The lowest BCUT2D eigenvalue weighted by molar-refractivity contribution is -0.137. The maximum Gasteiger partial charge on any atom is 0.416 e. The number of rotatable bonds is 4. The predicted octanol–water partition coefficient (Wildman–Crippen LogP) is 3.29. The first-order valence-corrected chi connectivity index (χ1v) is 6.25. The molecule has 0 radical (unpaired) electrons. The summed E-state index contributed by atoms with van der Waals surface area (Å²) in [6, 6.07) is 7.24. The third-order valence-corrected chi connectivity index (χ3v) is 3.17. The van der Waals surface area contributed by atoms with E-state index in [4.69, 9.17) is 0 Å². The Morgan fingerprint density at radius 3 is 2.65 bits per heavy atom. The molecule has 20 heavy (non-hydrogen) atoms. The fraction of sp³-hybridized carbons (Fsp3) is 0.357. The number of hydrogen-bond acceptors (Lipinski definition) is 2. The van der Waals surface area contributed by atoms with Gasteiger partial charge in [0.05, 0.1) is 11.3 Å². The summed E-state index contributed by atoms with van der Waals surface area (Å²) in [7, 11) is 1.83. The van der Waals surface area contributed by atoms with Crippen LogP contribution in [0, 0.1) is 0 Å². The van der Waals surface area contributed by atoms with Crippen LogP contribution in [0.5, 0.6) is 0 Å². The molecule has 0 amide bonds. The zero-order valence-corrected chi connectivity index (χ0v) is 11.3. The Balaban J connectivity index is 2.03. The summed E-state index contributed by atoms with van der Waals surface area (Å²) in [5.41, 5.74) is 0.968. The largest absolute Gasteiger partial charge is 0.416 e. The molecule has 0 aliphatic carbocycles. The van der Waals surface area contributed by atoms with Crippen LogP contribution in [0.4, 0.5) is 13.2 Å². The molecule has 2 rings (SSSR count). The second-order valence-electron chi connectivity index (χ2n) is 4.68. The smallest absolute Gasteiger partial charge is 0.305 e. The van der Waals surface area contributed by atoms with Crippen molar-refractivity contribution in [3.05, 3.63) is 53.3 Å². The Morgan fingerprint density at radius 1 is 1.30 bits per heavy atom. The molecule has 1 N–H and O–H groups in total. The van der Waals surface area contributed by atoms with Crippen molar-refractivity contribution in [3.8, 4) is 0 Å². The maximum atomic E-state index is 12.6. The van der Waals surface area contributed by atoms with E-state index in [9.17, 15) is 13.2 Å². The highest BCUT2D eigenvalue weighted by atomic mass is 19.4. The van der Waals surface area contributed by atoms with Gasteiger partial charge in [0, 0.05) is 25.8 Å². The van der Waals surface area contributed by atoms with Crippen LogP contribution in [-0.4, -0.2) is 9.78 Å². The van der Waals surface area contributed by atoms with Crippen LogP contribution in [0.2, 0.25) is 0 Å². The maximum absolute atomic E-state index is 12.6. The summed E-state index contributed by atoms with van der Waals surface area (Å²) >= 11 is 0. The summed E-state index contributed by atoms with van der Waals surface area (Å²) in [5, 5.41) is 7.26. The van der Waals surface area contributed by atoms with Gasteiger partial charge in [-0.2, -0.15) is 18.3 Å². The van der Waals surface area contributed by atoms with Crippen LogP contribution in [0.3, 0.4) is 0 Å². The van der Waals surface area contributed by atoms with Crippen molar-refractivity contribution >= 4 is 0 Å². The normalized spacial score (nSPS) is 13.4. The van der Waals surface area contributed by atoms with E-state index in [1.165, 1.54) is 12.1 Å². The Kier molecular flexibility index (Phi) is 4.13. The fourth-order valence-corrected chi connectivity index (χ4v) is 2.04. The molecule has 2 aromatic rings. The molecule has 6 heteroatoms. The average Bonchev–Trinajstić information content (AvgIpc) is 2.82. The van der Waals surface area contributed by atoms with Crippen LogP contribution in [0.1, 0.15) is 29.8 Å². The monoisotopic (exact) mass is 283 g/mol. The number of aromatic nitrogens is 2. The number of aryl methyl sites for hydroxylation is 1. The first-order valence-electron chi connectivity index (χ1n) is 6.25. The van der Waals surface area contributed by atoms with E-state index in [-0.39, 0.29) is 6.04 Å². The minimum Gasteiger partial charge on any atom is -0.305 e. The lowest BCUT2D eigenvalue weighted by Crippen LogP contribution is -2.20. The number of alkyl halides is 3. The highest BCUT2D eigenvalue weighted by Crippen LogP contribution is 2.29. The topological polar surface area (TPSA) is 29.9 Å². The molecule has 0 spiro atoms. The Labute approximate surface area is 115 Å². The fourth-order valence-electron chi connectivity index (χ4n) is 2.04. The predicted molar refractivity (Wildman–Crippen MR) is 69.9 cm³/mol. The lowest BCUT2D eigenvalue weighted by atomic mass is 10.1. The molecule has 1 unspecified atom stereocenters. The number of halogens is 3. The van der Waals surface area contributed by atoms with Crippen molar-refractivity contribution in [1.82, 2.24) is 15.1 Å². The average molecular weight is 283 g/mol. The van der Waals surface area contributed by atoms with Gasteiger partial charge in [-0.3, -0.25) is 4.68 Å². The molecule has 0 fully saturated rings. The first kappa shape index (κ1) is 14.6. The molecule has 0 saturated carbocycles. The Morgan fingerprint density at radius 2 is 2.05 bits per heavy atom. The van der Waals surface area contributed by atoms with E-state index in [0.29, 0.717) is 12.1 Å². The summed E-state index contributed by atoms with van der Waals surface area (Å²) < 4.78 is 39.6. The molecule has 1 aromatic heterocycles. The lowest BCUT2D eigenvalue weighted by Gasteiger charge is -2.15. The van der Waals surface area contributed by atoms with Gasteiger partial charge in [0.1, 0.15) is 0 Å². The van der Waals surface area contributed by atoms with Crippen LogP contribution in [0.25, 0.3) is 0 Å². The van der Waals surface area contributed by atoms with E-state index in [1.807, 2.05) is 20.0 Å². The van der Waals surface area contributed by atoms with Crippen molar-refractivity contribution in [3.63, 3.8) is 0 Å². The third kappa shape index (κ3) is 3.39. The number of benzene rings is 1. The quantitative estimate of drug-likeness (QED) is 0.933. The zero-order chi connectivity index (χ0) is 14.8. The third-order valence-electron chi connectivity index (χ3n) is 3.17. The number of hydrogen-bond donors (Lipinski definition) is 1. The van der Waals surface area contributed by atoms with Gasteiger partial charge >= 0.3 is 6.18 Å². The first-order chi connectivity index (χ1) is 9.38. The molecule has 108 valence electrons. The van der Waals surface area contributed by atoms with Gasteiger partial charge in [-0.25, -0.2) is 0 Å². The minimum atomic E-state index is -4.30. The van der Waals surface area contributed by atoms with Gasteiger partial charge in [0.25, 0.3) is 0 Å². The standard InChI is InChI=1S/C14H16F3N3/c1-10(13-6-7-19-20(13)2)18-9-11-4-3-5-12(8-11)14(15,16)17/h3-8,10,18H,9H2,1-2H3. The van der Waals surface area contributed by atoms with Crippen molar-refractivity contribution in [2.45, 2.75) is 25.7 Å². The molecular weight excluding hydrogens is 267 g/mol. The molecule has 1 heterocycles. The van der Waals surface area contributed by atoms with E-state index >= 15 is 0 Å². The Bertz CT molecular complexity index is 575. The highest BCUT2D eigenvalue weighted by molar-refractivity contribution is 5.25. The van der Waals surface area contributed by atoms with Crippen molar-refractivity contribution in [2.75, 3.05) is 0 Å². The van der Waals surface area contributed by atoms with E-state index in [1.54, 1.807) is 16.9 Å². The number of nitrogens with zero attached hydrogens (tertiary/aromatic N) is 2. The van der Waals surface area contributed by atoms with Gasteiger partial charge in [-0.05, 0) is 24.6 Å². The van der Waals surface area contributed by atoms with Crippen molar-refractivity contribution < 1.29 is 13.2 Å². The SMILES string of the molecule is CC(NCc1cccc(C(F)(F)F)c1)c1ccnn1C. The van der Waals surface area contributed by atoms with Gasteiger partial charge in [-0.15, -0.1) is 0 Å². The molecule has 0 saturated heterocycles. The van der Waals surface area contributed by atoms with Crippen LogP contribution in [0.15, 0.2) is 36.5 Å². The molecule has 0 bridgehead atoms. The van der Waals surface area contributed by atoms with E-state index in [0.717, 1.165) is 11.8 Å². The Hall–Kier alpha value is -1.82.